The summed E-state index contributed by atoms with van der Waals surface area (Å²) in [6.07, 6.45) is 4.70. The molecule has 2 N–H and O–H groups in total. The second kappa shape index (κ2) is 6.24. The van der Waals surface area contributed by atoms with E-state index in [1.807, 2.05) is 11.9 Å². The molecule has 1 aliphatic rings. The zero-order chi connectivity index (χ0) is 13.9. The molecule has 1 aliphatic carbocycles. The van der Waals surface area contributed by atoms with Crippen LogP contribution in [-0.2, 0) is 4.79 Å². The molecule has 1 atom stereocenters. The van der Waals surface area contributed by atoms with Crippen molar-refractivity contribution in [3.05, 3.63) is 0 Å². The van der Waals surface area contributed by atoms with Crippen molar-refractivity contribution in [2.45, 2.75) is 39.2 Å². The zero-order valence-electron chi connectivity index (χ0n) is 11.7. The monoisotopic (exact) mass is 288 g/mol. The predicted octanol–water partition coefficient (Wildman–Crippen LogP) is 2.29. The van der Waals surface area contributed by atoms with Crippen molar-refractivity contribution in [1.29, 1.82) is 0 Å². The molecule has 5 heteroatoms. The van der Waals surface area contributed by atoms with E-state index in [2.05, 4.69) is 20.1 Å². The SMILES string of the molecule is CSCCC(C)N(C)C(=O)C1(C(N)=S)CC(C)C1. The number of rotatable bonds is 6. The number of nitrogens with two attached hydrogens (primary N) is 1. The standard InChI is InChI=1S/C13H24N2OS2/c1-9-7-13(8-9,11(14)17)12(16)15(3)10(2)5-6-18-4/h9-10H,5-8H2,1-4H3,(H2,14,17). The van der Waals surface area contributed by atoms with Gasteiger partial charge in [-0.15, -0.1) is 0 Å². The molecule has 1 amide bonds. The maximum Gasteiger partial charge on any atom is 0.235 e. The molecule has 1 rings (SSSR count). The van der Waals surface area contributed by atoms with E-state index in [0.29, 0.717) is 10.9 Å². The Kier molecular flexibility index (Phi) is 5.46. The third-order valence-electron chi connectivity index (χ3n) is 4.00. The van der Waals surface area contributed by atoms with Crippen LogP contribution in [0.15, 0.2) is 0 Å². The molecular weight excluding hydrogens is 264 g/mol. The maximum atomic E-state index is 12.6. The van der Waals surface area contributed by atoms with Gasteiger partial charge in [0.15, 0.2) is 0 Å². The maximum absolute atomic E-state index is 12.6. The van der Waals surface area contributed by atoms with Gasteiger partial charge in [0.2, 0.25) is 5.91 Å². The molecule has 0 aromatic rings. The second-order valence-corrected chi connectivity index (χ2v) is 6.93. The summed E-state index contributed by atoms with van der Waals surface area (Å²) in [5.41, 5.74) is 5.26. The third-order valence-corrected chi connectivity index (χ3v) is 5.03. The molecule has 0 saturated heterocycles. The minimum atomic E-state index is -0.558. The number of thiocarbonyl (C=S) groups is 1. The van der Waals surface area contributed by atoms with Crippen LogP contribution in [0.5, 0.6) is 0 Å². The Morgan fingerprint density at radius 3 is 2.56 bits per heavy atom. The summed E-state index contributed by atoms with van der Waals surface area (Å²) >= 11 is 6.93. The Labute approximate surface area is 120 Å². The van der Waals surface area contributed by atoms with Crippen LogP contribution in [-0.4, -0.2) is 40.9 Å². The van der Waals surface area contributed by atoms with Gasteiger partial charge in [-0.3, -0.25) is 4.79 Å². The first-order valence-electron chi connectivity index (χ1n) is 6.41. The minimum Gasteiger partial charge on any atom is -0.392 e. The lowest BCUT2D eigenvalue weighted by molar-refractivity contribution is -0.144. The molecule has 1 unspecified atom stereocenters. The highest BCUT2D eigenvalue weighted by atomic mass is 32.2. The first kappa shape index (κ1) is 15.8. The number of thioether (sulfide) groups is 1. The molecule has 0 heterocycles. The fourth-order valence-corrected chi connectivity index (χ4v) is 3.46. The lowest BCUT2D eigenvalue weighted by Gasteiger charge is -2.47. The van der Waals surface area contributed by atoms with E-state index in [0.717, 1.165) is 25.0 Å². The number of carbonyl (C=O) groups excluding carboxylic acids is 1. The Bertz CT molecular complexity index is 327. The van der Waals surface area contributed by atoms with Crippen LogP contribution >= 0.6 is 24.0 Å². The van der Waals surface area contributed by atoms with E-state index < -0.39 is 5.41 Å². The van der Waals surface area contributed by atoms with Gasteiger partial charge in [0.25, 0.3) is 0 Å². The molecule has 1 saturated carbocycles. The zero-order valence-corrected chi connectivity index (χ0v) is 13.4. The molecule has 0 bridgehead atoms. The molecular formula is C13H24N2OS2. The summed E-state index contributed by atoms with van der Waals surface area (Å²) in [5, 5.41) is 0. The van der Waals surface area contributed by atoms with Crippen LogP contribution in [0.25, 0.3) is 0 Å². The van der Waals surface area contributed by atoms with Gasteiger partial charge in [-0.25, -0.2) is 0 Å². The van der Waals surface area contributed by atoms with Crippen molar-refractivity contribution >= 4 is 34.9 Å². The molecule has 3 nitrogen and oxygen atoms in total. The fraction of sp³-hybridized carbons (Fsp3) is 0.846. The van der Waals surface area contributed by atoms with E-state index in [-0.39, 0.29) is 11.9 Å². The van der Waals surface area contributed by atoms with Crippen LogP contribution in [0.4, 0.5) is 0 Å². The highest BCUT2D eigenvalue weighted by Gasteiger charge is 2.52. The average Bonchev–Trinajstić information content (AvgIpc) is 2.29. The van der Waals surface area contributed by atoms with E-state index in [1.165, 1.54) is 0 Å². The van der Waals surface area contributed by atoms with Crippen molar-refractivity contribution < 1.29 is 4.79 Å². The Morgan fingerprint density at radius 2 is 2.17 bits per heavy atom. The van der Waals surface area contributed by atoms with E-state index in [1.54, 1.807) is 11.8 Å². The van der Waals surface area contributed by atoms with Crippen molar-refractivity contribution in [3.8, 4) is 0 Å². The van der Waals surface area contributed by atoms with Crippen molar-refractivity contribution in [2.24, 2.45) is 17.1 Å². The molecule has 104 valence electrons. The van der Waals surface area contributed by atoms with Gasteiger partial charge in [-0.1, -0.05) is 19.1 Å². The Morgan fingerprint density at radius 1 is 1.61 bits per heavy atom. The first-order valence-corrected chi connectivity index (χ1v) is 8.21. The molecule has 0 aromatic carbocycles. The van der Waals surface area contributed by atoms with Gasteiger partial charge in [-0.05, 0) is 44.1 Å². The molecule has 18 heavy (non-hydrogen) atoms. The van der Waals surface area contributed by atoms with Crippen LogP contribution in [0, 0.1) is 11.3 Å². The highest BCUT2D eigenvalue weighted by Crippen LogP contribution is 2.47. The normalized spacial score (nSPS) is 28.3. The molecule has 0 aromatic heterocycles. The van der Waals surface area contributed by atoms with E-state index >= 15 is 0 Å². The summed E-state index contributed by atoms with van der Waals surface area (Å²) in [6, 6.07) is 0.243. The van der Waals surface area contributed by atoms with Gasteiger partial charge in [-0.2, -0.15) is 11.8 Å². The van der Waals surface area contributed by atoms with Gasteiger partial charge in [0.05, 0.1) is 10.4 Å². The lowest BCUT2D eigenvalue weighted by atomic mass is 9.61. The predicted molar refractivity (Wildman–Crippen MR) is 82.8 cm³/mol. The minimum absolute atomic E-state index is 0.113. The average molecular weight is 288 g/mol. The summed E-state index contributed by atoms with van der Waals surface area (Å²) in [7, 11) is 1.87. The van der Waals surface area contributed by atoms with Crippen LogP contribution in [0.2, 0.25) is 0 Å². The van der Waals surface area contributed by atoms with Crippen LogP contribution < -0.4 is 5.73 Å². The smallest absolute Gasteiger partial charge is 0.235 e. The molecule has 0 radical (unpaired) electrons. The van der Waals surface area contributed by atoms with Crippen molar-refractivity contribution in [2.75, 3.05) is 19.1 Å². The number of hydrogen-bond donors (Lipinski definition) is 1. The summed E-state index contributed by atoms with van der Waals surface area (Å²) in [4.78, 5) is 14.8. The lowest BCUT2D eigenvalue weighted by Crippen LogP contribution is -2.57. The summed E-state index contributed by atoms with van der Waals surface area (Å²) < 4.78 is 0. The van der Waals surface area contributed by atoms with Gasteiger partial charge in [0.1, 0.15) is 0 Å². The molecule has 0 spiro atoms. The quantitative estimate of drug-likeness (QED) is 0.762. The number of hydrogen-bond acceptors (Lipinski definition) is 3. The van der Waals surface area contributed by atoms with Crippen molar-refractivity contribution in [3.63, 3.8) is 0 Å². The largest absolute Gasteiger partial charge is 0.392 e. The van der Waals surface area contributed by atoms with Gasteiger partial charge < -0.3 is 10.6 Å². The Balaban J connectivity index is 2.70. The topological polar surface area (TPSA) is 46.3 Å². The second-order valence-electron chi connectivity index (χ2n) is 5.51. The summed E-state index contributed by atoms with van der Waals surface area (Å²) in [6.45, 7) is 4.23. The third kappa shape index (κ3) is 2.99. The van der Waals surface area contributed by atoms with Gasteiger partial charge >= 0.3 is 0 Å². The number of carbonyl (C=O) groups is 1. The highest BCUT2D eigenvalue weighted by molar-refractivity contribution is 7.98. The molecule has 0 aliphatic heterocycles. The molecule has 1 fully saturated rings. The number of amides is 1. The first-order chi connectivity index (χ1) is 8.35. The fourth-order valence-electron chi connectivity index (χ4n) is 2.63. The van der Waals surface area contributed by atoms with E-state index in [9.17, 15) is 4.79 Å². The van der Waals surface area contributed by atoms with Crippen molar-refractivity contribution in [1.82, 2.24) is 4.90 Å². The summed E-state index contributed by atoms with van der Waals surface area (Å²) in [5.74, 6) is 1.72. The van der Waals surface area contributed by atoms with Crippen LogP contribution in [0.3, 0.4) is 0 Å². The van der Waals surface area contributed by atoms with Gasteiger partial charge in [0, 0.05) is 13.1 Å². The van der Waals surface area contributed by atoms with E-state index in [4.69, 9.17) is 18.0 Å². The van der Waals surface area contributed by atoms with Crippen LogP contribution in [0.1, 0.15) is 33.1 Å². The number of nitrogens with zero attached hydrogens (tertiary/aromatic N) is 1. The Hall–Kier alpha value is -0.290.